The summed E-state index contributed by atoms with van der Waals surface area (Å²) in [4.78, 5) is 4.28. The number of hydrogen-bond donors (Lipinski definition) is 2. The Morgan fingerprint density at radius 2 is 1.83 bits per heavy atom. The molecule has 164 valence electrons. The first-order chi connectivity index (χ1) is 14.3. The van der Waals surface area contributed by atoms with Crippen LogP contribution in [-0.2, 0) is 24.2 Å². The molecular formula is C23H32IN3O3. The molecule has 0 radical (unpaired) electrons. The Bertz CT molecular complexity index is 797. The Labute approximate surface area is 196 Å². The van der Waals surface area contributed by atoms with Gasteiger partial charge in [-0.15, -0.1) is 24.0 Å². The molecule has 0 unspecified atom stereocenters. The lowest BCUT2D eigenvalue weighted by Crippen LogP contribution is -2.39. The molecule has 2 aromatic rings. The highest BCUT2D eigenvalue weighted by Crippen LogP contribution is 2.25. The van der Waals surface area contributed by atoms with Gasteiger partial charge in [-0.2, -0.15) is 0 Å². The molecule has 0 bridgehead atoms. The fraction of sp³-hybridized carbons (Fsp3) is 0.435. The van der Waals surface area contributed by atoms with Gasteiger partial charge in [0.05, 0.1) is 20.3 Å². The third-order valence-electron chi connectivity index (χ3n) is 4.87. The minimum absolute atomic E-state index is 0. The van der Waals surface area contributed by atoms with Crippen LogP contribution in [0, 0.1) is 0 Å². The number of nitrogens with one attached hydrogen (secondary N) is 2. The number of guanidine groups is 1. The summed E-state index contributed by atoms with van der Waals surface area (Å²) >= 11 is 0. The topological polar surface area (TPSA) is 64.1 Å². The van der Waals surface area contributed by atoms with Crippen molar-refractivity contribution >= 4 is 29.9 Å². The number of rotatable bonds is 10. The Morgan fingerprint density at radius 3 is 2.60 bits per heavy atom. The first-order valence-electron chi connectivity index (χ1n) is 10.2. The van der Waals surface area contributed by atoms with E-state index in [0.717, 1.165) is 62.0 Å². The first-order valence-corrected chi connectivity index (χ1v) is 10.2. The van der Waals surface area contributed by atoms with E-state index in [1.54, 1.807) is 14.2 Å². The first kappa shape index (κ1) is 24.3. The van der Waals surface area contributed by atoms with Gasteiger partial charge in [0.1, 0.15) is 11.5 Å². The normalized spacial score (nSPS) is 12.5. The highest BCUT2D eigenvalue weighted by molar-refractivity contribution is 14.0. The van der Waals surface area contributed by atoms with Crippen molar-refractivity contribution in [3.63, 3.8) is 0 Å². The number of halogens is 1. The van der Waals surface area contributed by atoms with Crippen molar-refractivity contribution in [3.8, 4) is 11.5 Å². The molecule has 2 aromatic carbocycles. The van der Waals surface area contributed by atoms with E-state index in [0.29, 0.717) is 13.2 Å². The van der Waals surface area contributed by atoms with Crippen molar-refractivity contribution in [2.75, 3.05) is 40.5 Å². The van der Waals surface area contributed by atoms with Gasteiger partial charge in [-0.25, -0.2) is 0 Å². The van der Waals surface area contributed by atoms with Gasteiger partial charge in [0.2, 0.25) is 0 Å². The van der Waals surface area contributed by atoms with Crippen LogP contribution in [0.4, 0.5) is 0 Å². The number of benzene rings is 2. The molecule has 0 fully saturated rings. The van der Waals surface area contributed by atoms with Crippen molar-refractivity contribution in [2.24, 2.45) is 4.99 Å². The Kier molecular flexibility index (Phi) is 10.8. The van der Waals surface area contributed by atoms with Gasteiger partial charge in [0.15, 0.2) is 5.96 Å². The molecule has 7 heteroatoms. The summed E-state index contributed by atoms with van der Waals surface area (Å²) in [7, 11) is 3.46. The van der Waals surface area contributed by atoms with E-state index in [1.165, 1.54) is 11.1 Å². The van der Waals surface area contributed by atoms with Crippen molar-refractivity contribution in [1.29, 1.82) is 0 Å². The smallest absolute Gasteiger partial charge is 0.190 e. The number of hydrogen-bond acceptors (Lipinski definition) is 4. The molecule has 0 aliphatic carbocycles. The Hall–Kier alpha value is -2.00. The van der Waals surface area contributed by atoms with Gasteiger partial charge in [-0.05, 0) is 47.7 Å². The molecule has 6 nitrogen and oxygen atoms in total. The predicted octanol–water partition coefficient (Wildman–Crippen LogP) is 3.56. The molecule has 0 atom stereocenters. The monoisotopic (exact) mass is 525 g/mol. The fourth-order valence-electron chi connectivity index (χ4n) is 3.23. The number of methoxy groups -OCH3 is 1. The number of nitrogens with zero attached hydrogens (tertiary/aromatic N) is 1. The average Bonchev–Trinajstić information content (AvgIpc) is 3.23. The molecule has 0 saturated heterocycles. The number of aliphatic imine (C=N–C) groups is 1. The van der Waals surface area contributed by atoms with Crippen LogP contribution in [0.3, 0.4) is 0 Å². The van der Waals surface area contributed by atoms with Gasteiger partial charge >= 0.3 is 0 Å². The maximum atomic E-state index is 5.73. The summed E-state index contributed by atoms with van der Waals surface area (Å²) in [5.74, 6) is 2.72. The van der Waals surface area contributed by atoms with E-state index in [1.807, 2.05) is 24.3 Å². The van der Waals surface area contributed by atoms with Gasteiger partial charge in [-0.3, -0.25) is 4.99 Å². The van der Waals surface area contributed by atoms with Crippen LogP contribution in [-0.4, -0.2) is 46.4 Å². The molecular weight excluding hydrogens is 493 g/mol. The summed E-state index contributed by atoms with van der Waals surface area (Å²) in [5.41, 5.74) is 3.79. The van der Waals surface area contributed by atoms with Crippen LogP contribution < -0.4 is 20.1 Å². The van der Waals surface area contributed by atoms with E-state index in [9.17, 15) is 0 Å². The van der Waals surface area contributed by atoms with Gasteiger partial charge in [0.25, 0.3) is 0 Å². The third-order valence-corrected chi connectivity index (χ3v) is 4.87. The molecule has 30 heavy (non-hydrogen) atoms. The lowest BCUT2D eigenvalue weighted by molar-refractivity contribution is 0.119. The Balaban J connectivity index is 0.00000320. The van der Waals surface area contributed by atoms with Gasteiger partial charge in [0, 0.05) is 33.2 Å². The van der Waals surface area contributed by atoms with Crippen LogP contribution >= 0.6 is 24.0 Å². The highest BCUT2D eigenvalue weighted by Gasteiger charge is 2.11. The zero-order chi connectivity index (χ0) is 20.3. The van der Waals surface area contributed by atoms with Crippen LogP contribution in [0.15, 0.2) is 47.5 Å². The molecule has 1 heterocycles. The maximum Gasteiger partial charge on any atom is 0.190 e. The van der Waals surface area contributed by atoms with Crippen LogP contribution in [0.1, 0.15) is 23.1 Å². The van der Waals surface area contributed by atoms with Crippen LogP contribution in [0.5, 0.6) is 11.5 Å². The van der Waals surface area contributed by atoms with Gasteiger partial charge in [-0.1, -0.05) is 24.3 Å². The van der Waals surface area contributed by atoms with Crippen molar-refractivity contribution in [1.82, 2.24) is 10.6 Å². The highest BCUT2D eigenvalue weighted by atomic mass is 127. The molecule has 1 aliphatic rings. The zero-order valence-corrected chi connectivity index (χ0v) is 20.1. The predicted molar refractivity (Wildman–Crippen MR) is 131 cm³/mol. The zero-order valence-electron chi connectivity index (χ0n) is 17.8. The largest absolute Gasteiger partial charge is 0.497 e. The molecule has 0 spiro atoms. The molecule has 0 amide bonds. The summed E-state index contributed by atoms with van der Waals surface area (Å²) in [6, 6.07) is 14.4. The van der Waals surface area contributed by atoms with Crippen LogP contribution in [0.25, 0.3) is 0 Å². The quantitative estimate of drug-likeness (QED) is 0.215. The summed E-state index contributed by atoms with van der Waals surface area (Å²) in [5, 5.41) is 6.70. The third kappa shape index (κ3) is 7.68. The lowest BCUT2D eigenvalue weighted by Gasteiger charge is -2.12. The standard InChI is InChI=1S/C23H31N3O3.HI/c1-24-23(26-13-10-18-6-9-22-20(16-18)11-15-29-22)25-12-3-14-28-17-19-4-7-21(27-2)8-5-19;/h4-9,16H,3,10-15,17H2,1-2H3,(H2,24,25,26);1H. The van der Waals surface area contributed by atoms with Crippen molar-refractivity contribution in [2.45, 2.75) is 25.9 Å². The van der Waals surface area contributed by atoms with E-state index < -0.39 is 0 Å². The minimum Gasteiger partial charge on any atom is -0.497 e. The molecule has 2 N–H and O–H groups in total. The van der Waals surface area contributed by atoms with Gasteiger partial charge < -0.3 is 24.8 Å². The van der Waals surface area contributed by atoms with E-state index in [2.05, 4.69) is 33.8 Å². The van der Waals surface area contributed by atoms with Crippen molar-refractivity contribution < 1.29 is 14.2 Å². The average molecular weight is 525 g/mol. The fourth-order valence-corrected chi connectivity index (χ4v) is 3.23. The summed E-state index contributed by atoms with van der Waals surface area (Å²) < 4.78 is 16.5. The summed E-state index contributed by atoms with van der Waals surface area (Å²) in [6.45, 7) is 3.78. The number of ether oxygens (including phenoxy) is 3. The maximum absolute atomic E-state index is 5.73. The molecule has 1 aliphatic heterocycles. The summed E-state index contributed by atoms with van der Waals surface area (Å²) in [6.07, 6.45) is 2.89. The lowest BCUT2D eigenvalue weighted by atomic mass is 10.1. The Morgan fingerprint density at radius 1 is 1.07 bits per heavy atom. The van der Waals surface area contributed by atoms with Crippen molar-refractivity contribution in [3.05, 3.63) is 59.2 Å². The van der Waals surface area contributed by atoms with E-state index >= 15 is 0 Å². The minimum atomic E-state index is 0. The van der Waals surface area contributed by atoms with E-state index in [4.69, 9.17) is 14.2 Å². The number of fused-ring (bicyclic) bond motifs is 1. The molecule has 0 saturated carbocycles. The second kappa shape index (κ2) is 13.3. The molecule has 0 aromatic heterocycles. The second-order valence-electron chi connectivity index (χ2n) is 6.97. The second-order valence-corrected chi connectivity index (χ2v) is 6.97. The molecule has 3 rings (SSSR count). The van der Waals surface area contributed by atoms with E-state index in [-0.39, 0.29) is 24.0 Å². The van der Waals surface area contributed by atoms with Crippen LogP contribution in [0.2, 0.25) is 0 Å². The SMILES string of the molecule is CN=C(NCCCOCc1ccc(OC)cc1)NCCc1ccc2c(c1)CCO2.I.